The summed E-state index contributed by atoms with van der Waals surface area (Å²) in [6.07, 6.45) is 3.19. The lowest BCUT2D eigenvalue weighted by molar-refractivity contribution is 0.0173. The minimum atomic E-state index is -0.394. The molecule has 3 fully saturated rings. The molecule has 0 spiro atoms. The van der Waals surface area contributed by atoms with Crippen LogP contribution in [0.5, 0.6) is 0 Å². The first-order chi connectivity index (χ1) is 7.46. The Labute approximate surface area is 97.3 Å². The Balaban J connectivity index is 2.00. The monoisotopic (exact) mass is 226 g/mol. The standard InChI is InChI=1S/C12H22N2O2/c1-12(2,3)16-11(15)14-7-6-9-4-5-10(14)8-13-9/h9-10,13H,4-8H2,1-3H3. The molecule has 2 bridgehead atoms. The van der Waals surface area contributed by atoms with Crippen molar-refractivity contribution in [2.24, 2.45) is 0 Å². The molecule has 1 N–H and O–H groups in total. The van der Waals surface area contributed by atoms with Crippen molar-refractivity contribution in [2.45, 2.75) is 57.7 Å². The third-order valence-electron chi connectivity index (χ3n) is 3.28. The topological polar surface area (TPSA) is 41.6 Å². The van der Waals surface area contributed by atoms with Crippen molar-refractivity contribution < 1.29 is 9.53 Å². The fourth-order valence-corrected chi connectivity index (χ4v) is 2.45. The second kappa shape index (κ2) is 4.24. The van der Waals surface area contributed by atoms with E-state index in [1.165, 1.54) is 6.42 Å². The van der Waals surface area contributed by atoms with Crippen molar-refractivity contribution in [3.05, 3.63) is 0 Å². The van der Waals surface area contributed by atoms with Gasteiger partial charge in [-0.3, -0.25) is 0 Å². The fourth-order valence-electron chi connectivity index (χ4n) is 2.45. The summed E-state index contributed by atoms with van der Waals surface area (Å²) in [6, 6.07) is 0.928. The summed E-state index contributed by atoms with van der Waals surface area (Å²) < 4.78 is 5.44. The number of carbonyl (C=O) groups is 1. The summed E-state index contributed by atoms with van der Waals surface area (Å²) in [5.74, 6) is 0. The molecule has 2 unspecified atom stereocenters. The maximum Gasteiger partial charge on any atom is 0.410 e. The maximum atomic E-state index is 12.0. The highest BCUT2D eigenvalue weighted by molar-refractivity contribution is 5.68. The number of rotatable bonds is 0. The van der Waals surface area contributed by atoms with Crippen LogP contribution in [0.25, 0.3) is 0 Å². The second-order valence-electron chi connectivity index (χ2n) is 5.80. The molecule has 92 valence electrons. The number of carbonyl (C=O) groups excluding carboxylic acids is 1. The lowest BCUT2D eigenvalue weighted by Crippen LogP contribution is -2.48. The van der Waals surface area contributed by atoms with Gasteiger partial charge in [0.25, 0.3) is 0 Å². The Morgan fingerprint density at radius 2 is 2.06 bits per heavy atom. The smallest absolute Gasteiger partial charge is 0.410 e. The van der Waals surface area contributed by atoms with Gasteiger partial charge in [0.1, 0.15) is 5.60 Å². The van der Waals surface area contributed by atoms with E-state index in [9.17, 15) is 4.79 Å². The SMILES string of the molecule is CC(C)(C)OC(=O)N1CCC2CCC1CN2. The lowest BCUT2D eigenvalue weighted by atomic mass is 10.0. The van der Waals surface area contributed by atoms with Gasteiger partial charge < -0.3 is 15.0 Å². The van der Waals surface area contributed by atoms with Crippen molar-refractivity contribution in [3.63, 3.8) is 0 Å². The molecule has 1 amide bonds. The van der Waals surface area contributed by atoms with Crippen LogP contribution in [0.1, 0.15) is 40.0 Å². The Kier molecular flexibility index (Phi) is 3.10. The molecule has 0 aliphatic carbocycles. The summed E-state index contributed by atoms with van der Waals surface area (Å²) in [5.41, 5.74) is -0.394. The highest BCUT2D eigenvalue weighted by Gasteiger charge is 2.34. The van der Waals surface area contributed by atoms with Gasteiger partial charge >= 0.3 is 6.09 Å². The van der Waals surface area contributed by atoms with Gasteiger partial charge in [0, 0.05) is 25.2 Å². The molecule has 0 saturated carbocycles. The summed E-state index contributed by atoms with van der Waals surface area (Å²) in [6.45, 7) is 7.50. The van der Waals surface area contributed by atoms with E-state index in [2.05, 4.69) is 5.32 Å². The predicted octanol–water partition coefficient (Wildman–Crippen LogP) is 1.75. The molecule has 3 aliphatic heterocycles. The first-order valence-corrected chi connectivity index (χ1v) is 6.19. The van der Waals surface area contributed by atoms with E-state index in [0.717, 1.165) is 25.9 Å². The van der Waals surface area contributed by atoms with Crippen LogP contribution in [0.3, 0.4) is 0 Å². The van der Waals surface area contributed by atoms with E-state index in [1.54, 1.807) is 0 Å². The lowest BCUT2D eigenvalue weighted by Gasteiger charge is -2.33. The molecule has 3 saturated heterocycles. The van der Waals surface area contributed by atoms with Crippen LogP contribution in [0.4, 0.5) is 4.79 Å². The highest BCUT2D eigenvalue weighted by atomic mass is 16.6. The minimum absolute atomic E-state index is 0.151. The van der Waals surface area contributed by atoms with Gasteiger partial charge in [-0.1, -0.05) is 0 Å². The Hall–Kier alpha value is -0.770. The maximum absolute atomic E-state index is 12.0. The van der Waals surface area contributed by atoms with Gasteiger partial charge in [0.2, 0.25) is 0 Å². The normalized spacial score (nSPS) is 30.1. The molecule has 3 rings (SSSR count). The molecular weight excluding hydrogens is 204 g/mol. The van der Waals surface area contributed by atoms with E-state index in [1.807, 2.05) is 25.7 Å². The zero-order chi connectivity index (χ0) is 11.8. The molecule has 0 aromatic rings. The van der Waals surface area contributed by atoms with Crippen LogP contribution < -0.4 is 5.32 Å². The van der Waals surface area contributed by atoms with Crippen molar-refractivity contribution >= 4 is 6.09 Å². The van der Waals surface area contributed by atoms with Crippen LogP contribution >= 0.6 is 0 Å². The number of amides is 1. The molecule has 4 nitrogen and oxygen atoms in total. The van der Waals surface area contributed by atoms with Gasteiger partial charge in [-0.25, -0.2) is 4.79 Å². The highest BCUT2D eigenvalue weighted by Crippen LogP contribution is 2.23. The van der Waals surface area contributed by atoms with Crippen LogP contribution in [0.15, 0.2) is 0 Å². The molecular formula is C12H22N2O2. The Bertz CT molecular complexity index is 265. The fraction of sp³-hybridized carbons (Fsp3) is 0.917. The molecule has 0 aromatic carbocycles. The third-order valence-corrected chi connectivity index (χ3v) is 3.28. The van der Waals surface area contributed by atoms with Gasteiger partial charge in [-0.15, -0.1) is 0 Å². The van der Waals surface area contributed by atoms with Crippen molar-refractivity contribution in [1.82, 2.24) is 10.2 Å². The molecule has 3 aliphatic rings. The Morgan fingerprint density at radius 1 is 1.31 bits per heavy atom. The third kappa shape index (κ3) is 2.67. The molecule has 2 atom stereocenters. The first-order valence-electron chi connectivity index (χ1n) is 6.19. The summed E-state index contributed by atoms with van der Waals surface area (Å²) >= 11 is 0. The number of hydrogen-bond donors (Lipinski definition) is 1. The number of piperidine rings is 1. The molecule has 3 heterocycles. The average molecular weight is 226 g/mol. The van der Waals surface area contributed by atoms with Gasteiger partial charge in [0.15, 0.2) is 0 Å². The van der Waals surface area contributed by atoms with E-state index >= 15 is 0 Å². The first kappa shape index (κ1) is 11.7. The number of nitrogens with one attached hydrogen (secondary N) is 1. The predicted molar refractivity (Wildman–Crippen MR) is 62.4 cm³/mol. The van der Waals surface area contributed by atoms with Crippen molar-refractivity contribution in [3.8, 4) is 0 Å². The summed E-state index contributed by atoms with van der Waals surface area (Å²) in [4.78, 5) is 13.9. The molecule has 0 aromatic heterocycles. The number of hydrogen-bond acceptors (Lipinski definition) is 3. The van der Waals surface area contributed by atoms with Gasteiger partial charge in [-0.05, 0) is 40.0 Å². The van der Waals surface area contributed by atoms with Gasteiger partial charge in [-0.2, -0.15) is 0 Å². The number of nitrogens with zero attached hydrogens (tertiary/aromatic N) is 1. The molecule has 0 radical (unpaired) electrons. The number of ether oxygens (including phenoxy) is 1. The molecule has 4 heteroatoms. The minimum Gasteiger partial charge on any atom is -0.444 e. The van der Waals surface area contributed by atoms with E-state index in [0.29, 0.717) is 12.1 Å². The zero-order valence-electron chi connectivity index (χ0n) is 10.5. The van der Waals surface area contributed by atoms with Crippen molar-refractivity contribution in [2.75, 3.05) is 13.1 Å². The molecule has 16 heavy (non-hydrogen) atoms. The average Bonchev–Trinajstić information content (AvgIpc) is 2.47. The van der Waals surface area contributed by atoms with E-state index in [4.69, 9.17) is 4.74 Å². The zero-order valence-corrected chi connectivity index (χ0v) is 10.5. The van der Waals surface area contributed by atoms with Crippen LogP contribution in [-0.2, 0) is 4.74 Å². The van der Waals surface area contributed by atoms with E-state index in [-0.39, 0.29) is 6.09 Å². The Morgan fingerprint density at radius 3 is 2.62 bits per heavy atom. The van der Waals surface area contributed by atoms with Crippen LogP contribution in [0.2, 0.25) is 0 Å². The quantitative estimate of drug-likeness (QED) is 0.684. The van der Waals surface area contributed by atoms with Crippen LogP contribution in [-0.4, -0.2) is 41.8 Å². The largest absolute Gasteiger partial charge is 0.444 e. The summed E-state index contributed by atoms with van der Waals surface area (Å²) in [5, 5.41) is 3.48. The van der Waals surface area contributed by atoms with Gasteiger partial charge in [0.05, 0.1) is 0 Å². The summed E-state index contributed by atoms with van der Waals surface area (Å²) in [7, 11) is 0. The second-order valence-corrected chi connectivity index (χ2v) is 5.80. The van der Waals surface area contributed by atoms with Crippen molar-refractivity contribution in [1.29, 1.82) is 0 Å². The van der Waals surface area contributed by atoms with E-state index < -0.39 is 5.60 Å². The number of fused-ring (bicyclic) bond motifs is 4. The van der Waals surface area contributed by atoms with Crippen LogP contribution in [0, 0.1) is 0 Å².